The predicted molar refractivity (Wildman–Crippen MR) is 128 cm³/mol. The van der Waals surface area contributed by atoms with Crippen LogP contribution in [0.1, 0.15) is 61.5 Å². The van der Waals surface area contributed by atoms with Crippen LogP contribution in [-0.2, 0) is 20.9 Å². The zero-order valence-corrected chi connectivity index (χ0v) is 20.9. The summed E-state index contributed by atoms with van der Waals surface area (Å²) in [6.07, 6.45) is 1.32. The monoisotopic (exact) mass is 496 g/mol. The van der Waals surface area contributed by atoms with Gasteiger partial charge >= 0.3 is 0 Å². The Morgan fingerprint density at radius 3 is 2.31 bits per heavy atom. The quantitative estimate of drug-likeness (QED) is 0.501. The van der Waals surface area contributed by atoms with E-state index in [9.17, 15) is 17.8 Å². The molecule has 1 atom stereocenters. The van der Waals surface area contributed by atoms with E-state index in [-0.39, 0.29) is 17.7 Å². The molecule has 1 unspecified atom stereocenters. The van der Waals surface area contributed by atoms with Gasteiger partial charge in [0, 0.05) is 29.8 Å². The third-order valence-corrected chi connectivity index (χ3v) is 7.75. The van der Waals surface area contributed by atoms with Gasteiger partial charge in [-0.25, -0.2) is 8.42 Å². The first-order valence-electron chi connectivity index (χ1n) is 10.6. The highest BCUT2D eigenvalue weighted by molar-refractivity contribution is 7.85. The Balaban J connectivity index is 1.85. The van der Waals surface area contributed by atoms with Crippen LogP contribution in [0.2, 0.25) is 10.0 Å². The van der Waals surface area contributed by atoms with Crippen molar-refractivity contribution in [3.05, 3.63) is 69.2 Å². The Morgan fingerprint density at radius 2 is 1.75 bits per heavy atom. The SMILES string of the molecule is CC(C)(C)c1ccc(C(=O)N2CCC(CCCS(=O)(=O)[O-])(c3ccc(Cl)c(Cl)c3)C2)cc1. The zero-order valence-electron chi connectivity index (χ0n) is 18.5. The Labute approximate surface area is 200 Å². The highest BCUT2D eigenvalue weighted by Crippen LogP contribution is 2.41. The van der Waals surface area contributed by atoms with Gasteiger partial charge in [-0.15, -0.1) is 0 Å². The van der Waals surface area contributed by atoms with Crippen LogP contribution in [0.25, 0.3) is 0 Å². The van der Waals surface area contributed by atoms with Crippen LogP contribution >= 0.6 is 23.2 Å². The summed E-state index contributed by atoms with van der Waals surface area (Å²) in [5.41, 5.74) is 2.18. The third kappa shape index (κ3) is 5.84. The fourth-order valence-corrected chi connectivity index (χ4v) is 5.13. The molecule has 5 nitrogen and oxygen atoms in total. The molecule has 1 heterocycles. The molecule has 0 aliphatic carbocycles. The summed E-state index contributed by atoms with van der Waals surface area (Å²) in [7, 11) is -4.31. The third-order valence-electron chi connectivity index (χ3n) is 6.22. The van der Waals surface area contributed by atoms with Crippen LogP contribution in [-0.4, -0.2) is 42.6 Å². The number of amides is 1. The molecule has 174 valence electrons. The lowest BCUT2D eigenvalue weighted by atomic mass is 9.76. The smallest absolute Gasteiger partial charge is 0.253 e. The molecule has 0 radical (unpaired) electrons. The van der Waals surface area contributed by atoms with Gasteiger partial charge in [0.25, 0.3) is 5.91 Å². The molecular weight excluding hydrogens is 469 g/mol. The molecule has 2 aromatic carbocycles. The van der Waals surface area contributed by atoms with E-state index in [0.29, 0.717) is 41.5 Å². The molecule has 1 fully saturated rings. The van der Waals surface area contributed by atoms with Crippen molar-refractivity contribution in [2.24, 2.45) is 0 Å². The number of benzene rings is 2. The van der Waals surface area contributed by atoms with Crippen molar-refractivity contribution in [1.82, 2.24) is 4.90 Å². The number of halogens is 2. The van der Waals surface area contributed by atoms with Crippen molar-refractivity contribution in [1.29, 1.82) is 0 Å². The predicted octanol–water partition coefficient (Wildman–Crippen LogP) is 5.40. The van der Waals surface area contributed by atoms with Crippen LogP contribution in [0.3, 0.4) is 0 Å². The fourth-order valence-electron chi connectivity index (χ4n) is 4.34. The summed E-state index contributed by atoms with van der Waals surface area (Å²) in [4.78, 5) is 15.0. The van der Waals surface area contributed by atoms with E-state index in [2.05, 4.69) is 20.8 Å². The molecule has 0 aromatic heterocycles. The van der Waals surface area contributed by atoms with E-state index in [0.717, 1.165) is 11.1 Å². The maximum absolute atomic E-state index is 13.2. The van der Waals surface area contributed by atoms with Crippen LogP contribution in [0.15, 0.2) is 42.5 Å². The first-order valence-corrected chi connectivity index (χ1v) is 12.9. The second-order valence-electron chi connectivity index (χ2n) is 9.58. The fraction of sp³-hybridized carbons (Fsp3) is 0.458. The van der Waals surface area contributed by atoms with Crippen LogP contribution in [0.4, 0.5) is 0 Å². The van der Waals surface area contributed by atoms with Gasteiger partial charge in [-0.2, -0.15) is 0 Å². The standard InChI is InChI=1S/C24H29Cl2NO4S/c1-23(2,3)18-7-5-17(6-8-18)22(28)27-13-12-24(16-27,11-4-14-32(29,30)31)19-9-10-20(25)21(26)15-19/h5-10,15H,4,11-14,16H2,1-3H3,(H,29,30,31)/p-1. The number of nitrogens with zero attached hydrogens (tertiary/aromatic N) is 1. The Bertz CT molecular complexity index is 1090. The second-order valence-corrected chi connectivity index (χ2v) is 11.9. The minimum Gasteiger partial charge on any atom is -0.748 e. The minimum atomic E-state index is -4.31. The average Bonchev–Trinajstić information content (AvgIpc) is 3.13. The lowest BCUT2D eigenvalue weighted by Crippen LogP contribution is -2.35. The maximum Gasteiger partial charge on any atom is 0.253 e. The van der Waals surface area contributed by atoms with Crippen molar-refractivity contribution in [3.8, 4) is 0 Å². The Hall–Kier alpha value is -1.60. The summed E-state index contributed by atoms with van der Waals surface area (Å²) in [6, 6.07) is 13.0. The van der Waals surface area contributed by atoms with Crippen LogP contribution < -0.4 is 0 Å². The summed E-state index contributed by atoms with van der Waals surface area (Å²) in [5, 5.41) is 0.833. The van der Waals surface area contributed by atoms with Crippen molar-refractivity contribution in [2.45, 2.75) is 50.9 Å². The molecule has 32 heavy (non-hydrogen) atoms. The first-order chi connectivity index (χ1) is 14.8. The number of carbonyl (C=O) groups is 1. The molecule has 8 heteroatoms. The van der Waals surface area contributed by atoms with Gasteiger partial charge in [-0.05, 0) is 60.1 Å². The van der Waals surface area contributed by atoms with Gasteiger partial charge in [0.2, 0.25) is 0 Å². The number of rotatable bonds is 6. The van der Waals surface area contributed by atoms with Crippen molar-refractivity contribution in [3.63, 3.8) is 0 Å². The van der Waals surface area contributed by atoms with Gasteiger partial charge < -0.3 is 9.45 Å². The highest BCUT2D eigenvalue weighted by Gasteiger charge is 2.41. The number of hydrogen-bond donors (Lipinski definition) is 0. The van der Waals surface area contributed by atoms with Crippen LogP contribution in [0.5, 0.6) is 0 Å². The molecule has 0 spiro atoms. The first kappa shape index (κ1) is 25.0. The van der Waals surface area contributed by atoms with Gasteiger partial charge in [0.05, 0.1) is 20.2 Å². The molecule has 2 aromatic rings. The summed E-state index contributed by atoms with van der Waals surface area (Å²) >= 11 is 12.3. The lowest BCUT2D eigenvalue weighted by molar-refractivity contribution is 0.0782. The number of likely N-dealkylation sites (tertiary alicyclic amines) is 1. The van der Waals surface area contributed by atoms with Crippen molar-refractivity contribution in [2.75, 3.05) is 18.8 Å². The van der Waals surface area contributed by atoms with E-state index >= 15 is 0 Å². The van der Waals surface area contributed by atoms with E-state index in [1.54, 1.807) is 17.0 Å². The summed E-state index contributed by atoms with van der Waals surface area (Å²) in [5.74, 6) is -0.498. The second kappa shape index (κ2) is 9.34. The highest BCUT2D eigenvalue weighted by atomic mass is 35.5. The van der Waals surface area contributed by atoms with Crippen LogP contribution in [0, 0.1) is 0 Å². The lowest BCUT2D eigenvalue weighted by Gasteiger charge is -2.31. The number of hydrogen-bond acceptors (Lipinski definition) is 4. The maximum atomic E-state index is 13.2. The normalized spacial score (nSPS) is 19.4. The molecule has 0 N–H and O–H groups in total. The van der Waals surface area contributed by atoms with E-state index in [4.69, 9.17) is 23.2 Å². The van der Waals surface area contributed by atoms with Crippen molar-refractivity contribution >= 4 is 39.2 Å². The number of carbonyl (C=O) groups excluding carboxylic acids is 1. The van der Waals surface area contributed by atoms with E-state index in [1.165, 1.54) is 0 Å². The van der Waals surface area contributed by atoms with Gasteiger partial charge in [-0.1, -0.05) is 62.2 Å². The van der Waals surface area contributed by atoms with Crippen molar-refractivity contribution < 1.29 is 17.8 Å². The molecule has 1 saturated heterocycles. The van der Waals surface area contributed by atoms with E-state index in [1.807, 2.05) is 30.3 Å². The summed E-state index contributed by atoms with van der Waals surface area (Å²) < 4.78 is 33.4. The molecule has 1 aliphatic heterocycles. The molecule has 3 rings (SSSR count). The Morgan fingerprint density at radius 1 is 1.09 bits per heavy atom. The average molecular weight is 497 g/mol. The van der Waals surface area contributed by atoms with Gasteiger partial charge in [-0.3, -0.25) is 4.79 Å². The Kier molecular flexibility index (Phi) is 7.30. The molecule has 0 saturated carbocycles. The van der Waals surface area contributed by atoms with E-state index < -0.39 is 21.3 Å². The molecular formula is C24H28Cl2NO4S-. The molecule has 1 aliphatic rings. The van der Waals surface area contributed by atoms with Gasteiger partial charge in [0.1, 0.15) is 0 Å². The van der Waals surface area contributed by atoms with Gasteiger partial charge in [0.15, 0.2) is 0 Å². The minimum absolute atomic E-state index is 0.000126. The largest absolute Gasteiger partial charge is 0.748 e. The topological polar surface area (TPSA) is 77.5 Å². The zero-order chi connectivity index (χ0) is 23.7. The molecule has 0 bridgehead atoms. The summed E-state index contributed by atoms with van der Waals surface area (Å²) in [6.45, 7) is 7.32. The molecule has 1 amide bonds.